The third-order valence-electron chi connectivity index (χ3n) is 3.09. The molecule has 0 amide bonds. The van der Waals surface area contributed by atoms with E-state index < -0.39 is 6.10 Å². The molecule has 1 rings (SSSR count). The monoisotopic (exact) mass is 217 g/mol. The summed E-state index contributed by atoms with van der Waals surface area (Å²) in [4.78, 5) is 0. The summed E-state index contributed by atoms with van der Waals surface area (Å²) in [6.07, 6.45) is 1.47. The number of hydrogen-bond acceptors (Lipinski definition) is 4. The number of aliphatic hydroxyl groups is 1. The zero-order chi connectivity index (χ0) is 11.3. The van der Waals surface area contributed by atoms with Crippen molar-refractivity contribution in [3.63, 3.8) is 0 Å². The van der Waals surface area contributed by atoms with Crippen LogP contribution in [-0.4, -0.2) is 43.2 Å². The summed E-state index contributed by atoms with van der Waals surface area (Å²) in [6.45, 7) is 5.73. The van der Waals surface area contributed by atoms with Gasteiger partial charge in [0.25, 0.3) is 0 Å². The molecule has 15 heavy (non-hydrogen) atoms. The number of rotatable bonds is 5. The lowest BCUT2D eigenvalue weighted by Crippen LogP contribution is -2.40. The van der Waals surface area contributed by atoms with Crippen LogP contribution in [0.3, 0.4) is 0 Å². The molecule has 1 fully saturated rings. The van der Waals surface area contributed by atoms with Crippen molar-refractivity contribution in [2.45, 2.75) is 45.0 Å². The molecule has 0 aromatic carbocycles. The lowest BCUT2D eigenvalue weighted by Gasteiger charge is -2.32. The van der Waals surface area contributed by atoms with Crippen molar-refractivity contribution < 1.29 is 14.6 Å². The van der Waals surface area contributed by atoms with Gasteiger partial charge in [-0.3, -0.25) is 0 Å². The van der Waals surface area contributed by atoms with E-state index in [1.54, 1.807) is 6.92 Å². The van der Waals surface area contributed by atoms with E-state index >= 15 is 0 Å². The van der Waals surface area contributed by atoms with Gasteiger partial charge in [-0.1, -0.05) is 0 Å². The second-order valence-corrected chi connectivity index (χ2v) is 4.31. The van der Waals surface area contributed by atoms with Crippen LogP contribution in [-0.2, 0) is 9.47 Å². The van der Waals surface area contributed by atoms with Crippen LogP contribution >= 0.6 is 0 Å². The van der Waals surface area contributed by atoms with Crippen molar-refractivity contribution in [1.82, 2.24) is 0 Å². The molecule has 0 saturated carbocycles. The molecule has 1 aliphatic rings. The average molecular weight is 217 g/mol. The number of aliphatic hydroxyl groups excluding tert-OH is 1. The smallest absolute Gasteiger partial charge is 0.0807 e. The Hall–Kier alpha value is -0.160. The minimum absolute atomic E-state index is 0.0542. The van der Waals surface area contributed by atoms with Gasteiger partial charge in [0.2, 0.25) is 0 Å². The van der Waals surface area contributed by atoms with Gasteiger partial charge in [0, 0.05) is 19.8 Å². The zero-order valence-electron chi connectivity index (χ0n) is 9.69. The van der Waals surface area contributed by atoms with Crippen LogP contribution in [0.2, 0.25) is 0 Å². The zero-order valence-corrected chi connectivity index (χ0v) is 9.69. The summed E-state index contributed by atoms with van der Waals surface area (Å²) in [6, 6.07) is 0. The fraction of sp³-hybridized carbons (Fsp3) is 1.00. The molecular weight excluding hydrogens is 194 g/mol. The molecular formula is C11H23NO3. The molecule has 3 N–H and O–H groups in total. The maximum absolute atomic E-state index is 9.37. The Morgan fingerprint density at radius 3 is 2.47 bits per heavy atom. The van der Waals surface area contributed by atoms with Crippen molar-refractivity contribution >= 4 is 0 Å². The lowest BCUT2D eigenvalue weighted by atomic mass is 9.93. The highest BCUT2D eigenvalue weighted by molar-refractivity contribution is 4.75. The van der Waals surface area contributed by atoms with Crippen LogP contribution in [0.5, 0.6) is 0 Å². The summed E-state index contributed by atoms with van der Waals surface area (Å²) >= 11 is 0. The van der Waals surface area contributed by atoms with Crippen molar-refractivity contribution in [2.24, 2.45) is 11.7 Å². The van der Waals surface area contributed by atoms with E-state index in [-0.39, 0.29) is 12.2 Å². The second kappa shape index (κ2) is 6.43. The van der Waals surface area contributed by atoms with Gasteiger partial charge < -0.3 is 20.3 Å². The first kappa shape index (κ1) is 12.9. The lowest BCUT2D eigenvalue weighted by molar-refractivity contribution is -0.0944. The molecule has 0 aliphatic carbocycles. The van der Waals surface area contributed by atoms with Gasteiger partial charge in [-0.25, -0.2) is 0 Å². The Bertz CT molecular complexity index is 169. The highest BCUT2D eigenvalue weighted by atomic mass is 16.5. The Morgan fingerprint density at radius 2 is 2.00 bits per heavy atom. The van der Waals surface area contributed by atoms with Crippen molar-refractivity contribution in [3.8, 4) is 0 Å². The first-order chi connectivity index (χ1) is 7.15. The third-order valence-corrected chi connectivity index (χ3v) is 3.09. The van der Waals surface area contributed by atoms with Crippen molar-refractivity contribution in [2.75, 3.05) is 19.8 Å². The summed E-state index contributed by atoms with van der Waals surface area (Å²) in [5.41, 5.74) is 5.70. The van der Waals surface area contributed by atoms with E-state index in [0.717, 1.165) is 26.1 Å². The number of hydrogen-bond donors (Lipinski definition) is 2. The molecule has 0 spiro atoms. The molecule has 3 unspecified atom stereocenters. The van der Waals surface area contributed by atoms with Crippen LogP contribution in [0.15, 0.2) is 0 Å². The quantitative estimate of drug-likeness (QED) is 0.705. The largest absolute Gasteiger partial charge is 0.391 e. The van der Waals surface area contributed by atoms with Gasteiger partial charge in [-0.2, -0.15) is 0 Å². The Morgan fingerprint density at radius 1 is 1.40 bits per heavy atom. The minimum Gasteiger partial charge on any atom is -0.391 e. The van der Waals surface area contributed by atoms with Crippen molar-refractivity contribution in [3.05, 3.63) is 0 Å². The SMILES string of the molecule is CC(O)C(C)OC(CN)C1CCOCC1. The van der Waals surface area contributed by atoms with E-state index in [1.165, 1.54) is 0 Å². The first-order valence-electron chi connectivity index (χ1n) is 5.76. The summed E-state index contributed by atoms with van der Waals surface area (Å²) in [7, 11) is 0. The summed E-state index contributed by atoms with van der Waals surface area (Å²) in [5.74, 6) is 0.477. The molecule has 3 atom stereocenters. The highest BCUT2D eigenvalue weighted by Crippen LogP contribution is 2.22. The number of ether oxygens (including phenoxy) is 2. The standard InChI is InChI=1S/C11H23NO3/c1-8(13)9(2)15-11(7-12)10-3-5-14-6-4-10/h8-11,13H,3-7,12H2,1-2H3. The molecule has 4 heteroatoms. The van der Waals surface area contributed by atoms with Crippen LogP contribution < -0.4 is 5.73 Å². The molecule has 1 heterocycles. The number of nitrogens with two attached hydrogens (primary N) is 1. The summed E-state index contributed by atoms with van der Waals surface area (Å²) < 4.78 is 11.1. The molecule has 0 aromatic rings. The molecule has 0 aromatic heterocycles. The predicted molar refractivity (Wildman–Crippen MR) is 58.6 cm³/mol. The Balaban J connectivity index is 2.39. The first-order valence-corrected chi connectivity index (χ1v) is 5.76. The normalized spacial score (nSPS) is 24.8. The summed E-state index contributed by atoms with van der Waals surface area (Å²) in [5, 5.41) is 9.37. The van der Waals surface area contributed by atoms with Gasteiger partial charge in [-0.05, 0) is 32.6 Å². The van der Waals surface area contributed by atoms with Crippen LogP contribution in [0.1, 0.15) is 26.7 Å². The van der Waals surface area contributed by atoms with Gasteiger partial charge >= 0.3 is 0 Å². The fourth-order valence-corrected chi connectivity index (χ4v) is 1.84. The van der Waals surface area contributed by atoms with Gasteiger partial charge in [0.05, 0.1) is 18.3 Å². The third kappa shape index (κ3) is 4.07. The van der Waals surface area contributed by atoms with Crippen LogP contribution in [0.25, 0.3) is 0 Å². The fourth-order valence-electron chi connectivity index (χ4n) is 1.84. The van der Waals surface area contributed by atoms with E-state index in [1.807, 2.05) is 6.92 Å². The molecule has 1 aliphatic heterocycles. The Labute approximate surface area is 91.7 Å². The topological polar surface area (TPSA) is 64.7 Å². The molecule has 90 valence electrons. The second-order valence-electron chi connectivity index (χ2n) is 4.31. The van der Waals surface area contributed by atoms with Gasteiger partial charge in [0.15, 0.2) is 0 Å². The van der Waals surface area contributed by atoms with Crippen molar-refractivity contribution in [1.29, 1.82) is 0 Å². The van der Waals surface area contributed by atoms with E-state index in [0.29, 0.717) is 12.5 Å². The predicted octanol–water partition coefficient (Wildman–Crippen LogP) is 0.526. The van der Waals surface area contributed by atoms with E-state index in [4.69, 9.17) is 15.2 Å². The molecule has 0 radical (unpaired) electrons. The van der Waals surface area contributed by atoms with E-state index in [2.05, 4.69) is 0 Å². The molecule has 0 bridgehead atoms. The van der Waals surface area contributed by atoms with Crippen LogP contribution in [0.4, 0.5) is 0 Å². The average Bonchev–Trinajstić information content (AvgIpc) is 2.26. The van der Waals surface area contributed by atoms with E-state index in [9.17, 15) is 5.11 Å². The maximum atomic E-state index is 9.37. The highest BCUT2D eigenvalue weighted by Gasteiger charge is 2.26. The molecule has 4 nitrogen and oxygen atoms in total. The van der Waals surface area contributed by atoms with Gasteiger partial charge in [0.1, 0.15) is 0 Å². The molecule has 1 saturated heterocycles. The van der Waals surface area contributed by atoms with Gasteiger partial charge in [-0.15, -0.1) is 0 Å². The van der Waals surface area contributed by atoms with Crippen LogP contribution in [0, 0.1) is 5.92 Å². The Kier molecular flexibility index (Phi) is 5.53. The minimum atomic E-state index is -0.445. The maximum Gasteiger partial charge on any atom is 0.0807 e.